The summed E-state index contributed by atoms with van der Waals surface area (Å²) in [5, 5.41) is 61.4. The number of nitrogens with zero attached hydrogens (tertiary/aromatic N) is 18. The summed E-state index contributed by atoms with van der Waals surface area (Å²) in [4.78, 5) is 117. The number of anilines is 3. The number of rotatable bonds is 15. The molecule has 0 radical (unpaired) electrons. The summed E-state index contributed by atoms with van der Waals surface area (Å²) in [6.45, 7) is 35.1. The highest BCUT2D eigenvalue weighted by molar-refractivity contribution is 6.38. The molecule has 0 bridgehead atoms. The van der Waals surface area contributed by atoms with Crippen molar-refractivity contribution >= 4 is 126 Å². The van der Waals surface area contributed by atoms with E-state index in [1.54, 1.807) is 101 Å². The van der Waals surface area contributed by atoms with Crippen molar-refractivity contribution in [2.75, 3.05) is 73.6 Å². The van der Waals surface area contributed by atoms with Gasteiger partial charge in [-0.1, -0.05) is 119 Å². The standard InChI is InChI=1S/C33H30Cl3FN6O3.2C33H27ClF6N6O3/c1-7-22(44)42-11-10-41(14-17(42)5)30-19-12-21(34)28(23-18(6)24(35)26(37)25(36)31(23)45)40-32(19)43(33(46)20(30)13-38)29-16(4)8-9-39-27(29)15(2)3;2*1-6-20(47)45-10-9-44(13-16(45)5)29-17-11-19(34)27(21-23(35)22(33(38,39)40)24(36)25(37)30(21)48)43-31(17)46(32(49)18(29)12-41)28-15(4)7-8-42-26(28)14(2)3/h7-9,12,15,17,45H,1,10-11,14H2,2-6H3;2*6-8,11,14,16,48H,1,9-10,13H2,2-5H3/t17-;2*16-/m111/s1. The number of carbonyl (C=O) groups is 3. The van der Waals surface area contributed by atoms with Gasteiger partial charge in [0.25, 0.3) is 16.7 Å². The normalized spacial score (nSPS) is 15.1. The molecule has 0 aliphatic carbocycles. The van der Waals surface area contributed by atoms with Crippen LogP contribution in [0.1, 0.15) is 147 Å². The Morgan fingerprint density at radius 3 is 0.931 bits per heavy atom. The molecule has 3 atom stereocenters. The summed E-state index contributed by atoms with van der Waals surface area (Å²) in [5.41, 5.74) is -10.1. The number of amides is 3. The van der Waals surface area contributed by atoms with Gasteiger partial charge in [0, 0.05) is 117 Å². The predicted octanol–water partition coefficient (Wildman–Crippen LogP) is 20.6. The second-order valence-electron chi connectivity index (χ2n) is 35.0. The van der Waals surface area contributed by atoms with Gasteiger partial charge in [-0.15, -0.1) is 0 Å². The average molecular weight is 2090 g/mol. The van der Waals surface area contributed by atoms with Crippen molar-refractivity contribution in [1.29, 1.82) is 15.8 Å². The third-order valence-corrected chi connectivity index (χ3v) is 26.6. The van der Waals surface area contributed by atoms with Gasteiger partial charge in [-0.3, -0.25) is 57.4 Å². The number of aromatic hydroxyl groups is 3. The van der Waals surface area contributed by atoms with Gasteiger partial charge in [-0.2, -0.15) is 50.9 Å². The quantitative estimate of drug-likeness (QED) is 0.0371. The first kappa shape index (κ1) is 107. The summed E-state index contributed by atoms with van der Waals surface area (Å²) in [5.74, 6) is -21.9. The highest BCUT2D eigenvalue weighted by Gasteiger charge is 2.47. The molecule has 3 fully saturated rings. The van der Waals surface area contributed by atoms with Crippen LogP contribution in [0.25, 0.3) is 83.9 Å². The van der Waals surface area contributed by atoms with E-state index in [1.807, 2.05) is 44.7 Å². The maximum atomic E-state index is 15.6. The molecule has 3 aliphatic heterocycles. The number of nitriles is 3. The fraction of sp³-hybridized carbons (Fsp3) is 0.303. The van der Waals surface area contributed by atoms with Crippen molar-refractivity contribution < 1.29 is 86.8 Å². The van der Waals surface area contributed by atoms with E-state index in [-0.39, 0.29) is 175 Å². The molecule has 9 aromatic heterocycles. The first-order valence-electron chi connectivity index (χ1n) is 44.0. The smallest absolute Gasteiger partial charge is 0.422 e. The van der Waals surface area contributed by atoms with Crippen molar-refractivity contribution in [2.45, 2.75) is 138 Å². The van der Waals surface area contributed by atoms with Crippen LogP contribution >= 0.6 is 58.0 Å². The summed E-state index contributed by atoms with van der Waals surface area (Å²) in [6, 6.07) is 13.4. The summed E-state index contributed by atoms with van der Waals surface area (Å²) >= 11 is 32.3. The number of phenols is 3. The number of pyridine rings is 9. The van der Waals surface area contributed by atoms with E-state index in [1.165, 1.54) is 39.8 Å². The molecular weight excluding hydrogens is 2010 g/mol. The molecule has 12 aromatic rings. The molecule has 27 nitrogen and oxygen atoms in total. The maximum Gasteiger partial charge on any atom is 0.422 e. The second-order valence-corrected chi connectivity index (χ2v) is 37.0. The Kier molecular flexibility index (Phi) is 30.6. The van der Waals surface area contributed by atoms with Crippen LogP contribution in [0.3, 0.4) is 0 Å². The first-order chi connectivity index (χ1) is 67.6. The van der Waals surface area contributed by atoms with E-state index in [0.29, 0.717) is 70.2 Å². The Bertz CT molecular complexity index is 7480. The fourth-order valence-electron chi connectivity index (χ4n) is 18.2. The highest BCUT2D eigenvalue weighted by atomic mass is 35.5. The van der Waals surface area contributed by atoms with E-state index in [4.69, 9.17) is 63.0 Å². The number of halogens is 18. The minimum Gasteiger partial charge on any atom is -0.506 e. The van der Waals surface area contributed by atoms with Gasteiger partial charge in [0.1, 0.15) is 73.7 Å². The average Bonchev–Trinajstić information content (AvgIpc) is 0.723. The lowest BCUT2D eigenvalue weighted by Gasteiger charge is -2.41. The topological polar surface area (TPSA) is 346 Å². The Balaban J connectivity index is 0.000000181. The van der Waals surface area contributed by atoms with Gasteiger partial charge < -0.3 is 44.7 Å². The molecule has 12 heterocycles. The number of hydrogen-bond acceptors (Lipinski definition) is 21. The molecule has 750 valence electrons. The van der Waals surface area contributed by atoms with E-state index in [0.717, 1.165) is 33.4 Å². The van der Waals surface area contributed by atoms with Crippen molar-refractivity contribution in [3.63, 3.8) is 0 Å². The lowest BCUT2D eigenvalue weighted by atomic mass is 10.0. The minimum absolute atomic E-state index is 0.000758. The molecule has 0 saturated carbocycles. The Labute approximate surface area is 837 Å². The molecule has 15 rings (SSSR count). The molecule has 3 amide bonds. The van der Waals surface area contributed by atoms with Gasteiger partial charge in [0.05, 0.1) is 99.5 Å². The number of fused-ring (bicyclic) bond motifs is 3. The van der Waals surface area contributed by atoms with Crippen LogP contribution in [0.2, 0.25) is 25.1 Å². The zero-order chi connectivity index (χ0) is 106. The number of phenolic OH excluding ortho intramolecular Hbond substituents is 3. The van der Waals surface area contributed by atoms with Crippen LogP contribution < -0.4 is 31.4 Å². The van der Waals surface area contributed by atoms with Gasteiger partial charge in [-0.25, -0.2) is 36.9 Å². The largest absolute Gasteiger partial charge is 0.506 e. The van der Waals surface area contributed by atoms with Gasteiger partial charge in [0.15, 0.2) is 40.6 Å². The molecular formula is C99H84Cl5F13N18O9. The SMILES string of the molecule is C=CC(=O)N1CCN(c2c(C#N)c(=O)n(-c3c(C)ccnc3C(C)C)c3nc(-c4c(C)c(Cl)c(F)c(Cl)c4O)c(Cl)cc23)C[C@H]1C.C=CC(=O)N1CCN(c2c(C#N)c(=O)n(-c3c(C)ccnc3C(C)C)c3nc(-c4c(O)c(F)c(F)c(C(F)(F)F)c4F)c(Cl)cc23)C[C@H]1C.C=CC(=O)N1CCN(c2c(C#N)c(=O)n(-c3c(C)ccnc3C(C)C)c3nc(-c4c(O)c(F)c(F)c(C(F)(F)F)c4F)c(Cl)cc23)C[C@H]1C. The van der Waals surface area contributed by atoms with Crippen LogP contribution in [-0.2, 0) is 26.7 Å². The zero-order valence-electron chi connectivity index (χ0n) is 78.5. The molecule has 3 N–H and O–H groups in total. The van der Waals surface area contributed by atoms with Gasteiger partial charge >= 0.3 is 12.4 Å². The number of piperazine rings is 3. The van der Waals surface area contributed by atoms with E-state index in [2.05, 4.69) is 50.7 Å². The Morgan fingerprint density at radius 1 is 0.417 bits per heavy atom. The summed E-state index contributed by atoms with van der Waals surface area (Å²) < 4.78 is 190. The lowest BCUT2D eigenvalue weighted by Crippen LogP contribution is -2.54. The van der Waals surface area contributed by atoms with Gasteiger partial charge in [-0.05, 0) is 143 Å². The van der Waals surface area contributed by atoms with E-state index < -0.39 is 148 Å². The number of hydrogen-bond donors (Lipinski definition) is 3. The first-order valence-corrected chi connectivity index (χ1v) is 45.8. The summed E-state index contributed by atoms with van der Waals surface area (Å²) in [7, 11) is 0. The number of benzene rings is 3. The molecule has 3 saturated heterocycles. The van der Waals surface area contributed by atoms with Crippen LogP contribution in [0.5, 0.6) is 17.2 Å². The van der Waals surface area contributed by atoms with Crippen molar-refractivity contribution in [1.82, 2.24) is 58.3 Å². The minimum atomic E-state index is -5.73. The Hall–Kier alpha value is -14.4. The number of carbonyl (C=O) groups excluding carboxylic acids is 3. The molecule has 3 aromatic carbocycles. The second kappa shape index (κ2) is 41.2. The molecule has 45 heteroatoms. The van der Waals surface area contributed by atoms with Crippen LogP contribution in [0.4, 0.5) is 74.1 Å². The lowest BCUT2D eigenvalue weighted by molar-refractivity contribution is -0.143. The van der Waals surface area contributed by atoms with E-state index >= 15 is 8.78 Å². The van der Waals surface area contributed by atoms with E-state index in [9.17, 15) is 108 Å². The molecule has 144 heavy (non-hydrogen) atoms. The third kappa shape index (κ3) is 18.7. The van der Waals surface area contributed by atoms with Crippen molar-refractivity contribution in [3.8, 4) is 86.3 Å². The monoisotopic (exact) mass is 2090 g/mol. The molecule has 3 aliphatic rings. The maximum absolute atomic E-state index is 15.6. The number of aryl methyl sites for hydroxylation is 3. The number of aromatic nitrogens is 9. The van der Waals surface area contributed by atoms with Crippen LogP contribution in [-0.4, -0.2) is 168 Å². The summed E-state index contributed by atoms with van der Waals surface area (Å²) in [6.07, 6.45) is -3.31. The zero-order valence-corrected chi connectivity index (χ0v) is 82.3. The van der Waals surface area contributed by atoms with Crippen LogP contribution in [0.15, 0.2) is 107 Å². The Morgan fingerprint density at radius 2 is 0.688 bits per heavy atom. The fourth-order valence-corrected chi connectivity index (χ4v) is 19.4. The van der Waals surface area contributed by atoms with Crippen molar-refractivity contribution in [2.24, 2.45) is 0 Å². The van der Waals surface area contributed by atoms with Gasteiger partial charge in [0.2, 0.25) is 29.4 Å². The predicted molar refractivity (Wildman–Crippen MR) is 518 cm³/mol. The number of alkyl halides is 6. The van der Waals surface area contributed by atoms with Crippen molar-refractivity contribution in [3.05, 3.63) is 257 Å². The molecule has 0 unspecified atom stereocenters. The third-order valence-electron chi connectivity index (χ3n) is 24.9. The molecule has 0 spiro atoms. The van der Waals surface area contributed by atoms with Crippen LogP contribution in [0, 0.1) is 102 Å². The highest BCUT2D eigenvalue weighted by Crippen LogP contribution is 2.52.